The van der Waals surface area contributed by atoms with Crippen LogP contribution in [0.25, 0.3) is 0 Å². The smallest absolute Gasteiger partial charge is 0.224 e. The fourth-order valence-electron chi connectivity index (χ4n) is 3.91. The molecular formula is C18H30N4O. The maximum absolute atomic E-state index is 12.7. The molecule has 0 aromatic carbocycles. The predicted molar refractivity (Wildman–Crippen MR) is 91.2 cm³/mol. The van der Waals surface area contributed by atoms with Crippen LogP contribution in [-0.2, 0) is 11.3 Å². The summed E-state index contributed by atoms with van der Waals surface area (Å²) in [5.41, 5.74) is 1.15. The van der Waals surface area contributed by atoms with Gasteiger partial charge in [0.2, 0.25) is 5.91 Å². The highest BCUT2D eigenvalue weighted by atomic mass is 16.2. The lowest BCUT2D eigenvalue weighted by atomic mass is 9.98. The van der Waals surface area contributed by atoms with E-state index in [4.69, 9.17) is 0 Å². The van der Waals surface area contributed by atoms with Gasteiger partial charge in [-0.15, -0.1) is 0 Å². The molecule has 5 heteroatoms. The minimum Gasteiger partial charge on any atom is -0.340 e. The van der Waals surface area contributed by atoms with Gasteiger partial charge in [-0.25, -0.2) is 0 Å². The third-order valence-electron chi connectivity index (χ3n) is 5.24. The molecule has 2 aliphatic heterocycles. The molecule has 1 amide bonds. The molecule has 0 N–H and O–H groups in total. The third-order valence-corrected chi connectivity index (χ3v) is 5.24. The summed E-state index contributed by atoms with van der Waals surface area (Å²) in [7, 11) is 0. The number of hydrogen-bond acceptors (Lipinski definition) is 3. The Kier molecular flexibility index (Phi) is 5.70. The van der Waals surface area contributed by atoms with Crippen LogP contribution in [0.1, 0.15) is 50.5 Å². The molecule has 23 heavy (non-hydrogen) atoms. The molecule has 0 unspecified atom stereocenters. The molecule has 128 valence electrons. The molecule has 1 aromatic rings. The van der Waals surface area contributed by atoms with Gasteiger partial charge in [-0.2, -0.15) is 5.10 Å². The fraction of sp³-hybridized carbons (Fsp3) is 0.778. The molecule has 2 fully saturated rings. The molecule has 5 nitrogen and oxygen atoms in total. The summed E-state index contributed by atoms with van der Waals surface area (Å²) in [5.74, 6) is 0.310. The number of rotatable bonds is 6. The average molecular weight is 318 g/mol. The van der Waals surface area contributed by atoms with Crippen molar-refractivity contribution in [2.45, 2.75) is 64.5 Å². The minimum absolute atomic E-state index is 0.310. The number of nitrogens with zero attached hydrogens (tertiary/aromatic N) is 4. The number of carbonyl (C=O) groups is 1. The lowest BCUT2D eigenvalue weighted by Crippen LogP contribution is -2.45. The molecule has 2 aliphatic rings. The molecule has 0 spiro atoms. The molecule has 3 heterocycles. The first-order valence-corrected chi connectivity index (χ1v) is 9.23. The molecule has 2 saturated heterocycles. The molecule has 1 atom stereocenters. The second-order valence-corrected chi connectivity index (χ2v) is 7.10. The summed E-state index contributed by atoms with van der Waals surface area (Å²) >= 11 is 0. The summed E-state index contributed by atoms with van der Waals surface area (Å²) in [4.78, 5) is 17.4. The first-order chi connectivity index (χ1) is 11.2. The van der Waals surface area contributed by atoms with Gasteiger partial charge >= 0.3 is 0 Å². The summed E-state index contributed by atoms with van der Waals surface area (Å²) in [5, 5.41) is 4.28. The van der Waals surface area contributed by atoms with Crippen LogP contribution in [0.2, 0.25) is 0 Å². The van der Waals surface area contributed by atoms with Gasteiger partial charge in [-0.3, -0.25) is 9.48 Å². The Morgan fingerprint density at radius 2 is 1.96 bits per heavy atom. The number of aryl methyl sites for hydroxylation is 2. The van der Waals surface area contributed by atoms with Crippen molar-refractivity contribution in [3.05, 3.63) is 18.0 Å². The average Bonchev–Trinajstić information content (AvgIpc) is 3.22. The number of amides is 1. The van der Waals surface area contributed by atoms with E-state index >= 15 is 0 Å². The summed E-state index contributed by atoms with van der Waals surface area (Å²) in [6, 6.07) is 0.455. The van der Waals surface area contributed by atoms with Gasteiger partial charge in [-0.1, -0.05) is 0 Å². The maximum atomic E-state index is 12.7. The third kappa shape index (κ3) is 4.56. The Morgan fingerprint density at radius 3 is 2.70 bits per heavy atom. The van der Waals surface area contributed by atoms with Crippen molar-refractivity contribution in [3.8, 4) is 0 Å². The largest absolute Gasteiger partial charge is 0.340 e. The van der Waals surface area contributed by atoms with Crippen LogP contribution in [0.15, 0.2) is 12.4 Å². The van der Waals surface area contributed by atoms with Crippen LogP contribution in [0, 0.1) is 6.92 Å². The predicted octanol–water partition coefficient (Wildman–Crippen LogP) is 2.45. The van der Waals surface area contributed by atoms with Crippen molar-refractivity contribution < 1.29 is 4.79 Å². The van der Waals surface area contributed by atoms with E-state index in [1.807, 2.05) is 24.0 Å². The van der Waals surface area contributed by atoms with Crippen LogP contribution in [0.3, 0.4) is 0 Å². The molecular weight excluding hydrogens is 288 g/mol. The van der Waals surface area contributed by atoms with Crippen molar-refractivity contribution in [1.29, 1.82) is 0 Å². The van der Waals surface area contributed by atoms with Crippen LogP contribution in [0.5, 0.6) is 0 Å². The van der Waals surface area contributed by atoms with Crippen LogP contribution < -0.4 is 0 Å². The van der Waals surface area contributed by atoms with Gasteiger partial charge in [0.15, 0.2) is 0 Å². The monoisotopic (exact) mass is 318 g/mol. The van der Waals surface area contributed by atoms with E-state index < -0.39 is 0 Å². The fourth-order valence-corrected chi connectivity index (χ4v) is 3.91. The normalized spacial score (nSPS) is 22.7. The van der Waals surface area contributed by atoms with Gasteiger partial charge in [0.1, 0.15) is 0 Å². The van der Waals surface area contributed by atoms with Crippen molar-refractivity contribution in [2.24, 2.45) is 0 Å². The Bertz CT molecular complexity index is 507. The van der Waals surface area contributed by atoms with Crippen molar-refractivity contribution in [3.63, 3.8) is 0 Å². The standard InChI is InChI=1S/C18H30N4O/c1-16-14-19-21(15-16)13-8-18(23)22-11-3-2-6-17(22)7-12-20-9-4-5-10-20/h14-15,17H,2-13H2,1H3/t17-/m0/s1. The Balaban J connectivity index is 1.49. The van der Waals surface area contributed by atoms with Gasteiger partial charge in [0.05, 0.1) is 6.20 Å². The quantitative estimate of drug-likeness (QED) is 0.809. The van der Waals surface area contributed by atoms with Crippen LogP contribution >= 0.6 is 0 Å². The van der Waals surface area contributed by atoms with Crippen molar-refractivity contribution >= 4 is 5.91 Å². The van der Waals surface area contributed by atoms with Gasteiger partial charge in [0, 0.05) is 38.3 Å². The molecule has 1 aromatic heterocycles. The van der Waals surface area contributed by atoms with Crippen molar-refractivity contribution in [1.82, 2.24) is 19.6 Å². The second kappa shape index (κ2) is 7.95. The zero-order valence-corrected chi connectivity index (χ0v) is 14.4. The van der Waals surface area contributed by atoms with E-state index in [2.05, 4.69) is 14.9 Å². The maximum Gasteiger partial charge on any atom is 0.224 e. The highest BCUT2D eigenvalue weighted by molar-refractivity contribution is 5.76. The first kappa shape index (κ1) is 16.5. The highest BCUT2D eigenvalue weighted by Gasteiger charge is 2.27. The lowest BCUT2D eigenvalue weighted by molar-refractivity contribution is -0.135. The van der Waals surface area contributed by atoms with Crippen molar-refractivity contribution in [2.75, 3.05) is 26.2 Å². The molecule has 0 radical (unpaired) electrons. The first-order valence-electron chi connectivity index (χ1n) is 9.23. The van der Waals surface area contributed by atoms with Crippen LogP contribution in [-0.4, -0.2) is 57.7 Å². The zero-order valence-electron chi connectivity index (χ0n) is 14.4. The minimum atomic E-state index is 0.310. The number of aromatic nitrogens is 2. The van der Waals surface area contributed by atoms with E-state index in [0.29, 0.717) is 24.9 Å². The van der Waals surface area contributed by atoms with E-state index in [1.54, 1.807) is 0 Å². The van der Waals surface area contributed by atoms with Gasteiger partial charge in [0.25, 0.3) is 0 Å². The number of piperidine rings is 1. The van der Waals surface area contributed by atoms with Crippen LogP contribution in [0.4, 0.5) is 0 Å². The Labute approximate surface area is 139 Å². The molecule has 0 bridgehead atoms. The van der Waals surface area contributed by atoms with Gasteiger partial charge < -0.3 is 9.80 Å². The van der Waals surface area contributed by atoms with E-state index in [9.17, 15) is 4.79 Å². The highest BCUT2D eigenvalue weighted by Crippen LogP contribution is 2.22. The molecule has 0 saturated carbocycles. The summed E-state index contributed by atoms with van der Waals surface area (Å²) in [6.07, 6.45) is 11.9. The van der Waals surface area contributed by atoms with Gasteiger partial charge in [-0.05, 0) is 64.1 Å². The summed E-state index contributed by atoms with van der Waals surface area (Å²) in [6.45, 7) is 7.33. The summed E-state index contributed by atoms with van der Waals surface area (Å²) < 4.78 is 1.89. The SMILES string of the molecule is Cc1cnn(CCC(=O)N2CCCC[C@H]2CCN2CCCC2)c1. The number of carbonyl (C=O) groups excluding carboxylic acids is 1. The topological polar surface area (TPSA) is 41.4 Å². The van der Waals surface area contributed by atoms with E-state index in [-0.39, 0.29) is 0 Å². The zero-order chi connectivity index (χ0) is 16.1. The lowest BCUT2D eigenvalue weighted by Gasteiger charge is -2.36. The Morgan fingerprint density at radius 1 is 1.17 bits per heavy atom. The second-order valence-electron chi connectivity index (χ2n) is 7.10. The van der Waals surface area contributed by atoms with E-state index in [1.165, 1.54) is 38.8 Å². The Hall–Kier alpha value is -1.36. The molecule has 3 rings (SSSR count). The number of likely N-dealkylation sites (tertiary alicyclic amines) is 2. The van der Waals surface area contributed by atoms with E-state index in [0.717, 1.165) is 31.5 Å². The molecule has 0 aliphatic carbocycles. The number of hydrogen-bond donors (Lipinski definition) is 0.